The number of hydrogen-bond acceptors (Lipinski definition) is 3. The van der Waals surface area contributed by atoms with Crippen LogP contribution in [0.1, 0.15) is 5.56 Å². The van der Waals surface area contributed by atoms with Crippen LogP contribution in [0.25, 0.3) is 0 Å². The van der Waals surface area contributed by atoms with E-state index in [1.807, 2.05) is 6.07 Å². The van der Waals surface area contributed by atoms with Gasteiger partial charge in [-0.05, 0) is 29.8 Å². The van der Waals surface area contributed by atoms with Crippen LogP contribution in [-0.2, 0) is 16.1 Å². The number of anilines is 1. The first kappa shape index (κ1) is 18.3. The molecule has 2 aromatic carbocycles. The van der Waals surface area contributed by atoms with E-state index in [1.165, 1.54) is 24.3 Å². The molecule has 0 unspecified atom stereocenters. The molecule has 0 spiro atoms. The van der Waals surface area contributed by atoms with Crippen molar-refractivity contribution < 1.29 is 27.5 Å². The van der Waals surface area contributed by atoms with Gasteiger partial charge >= 0.3 is 12.1 Å². The molecule has 25 heavy (non-hydrogen) atoms. The lowest BCUT2D eigenvalue weighted by Gasteiger charge is -2.09. The van der Waals surface area contributed by atoms with E-state index >= 15 is 0 Å². The zero-order valence-electron chi connectivity index (χ0n) is 13.0. The summed E-state index contributed by atoms with van der Waals surface area (Å²) in [6, 6.07) is 14.9. The van der Waals surface area contributed by atoms with Crippen molar-refractivity contribution in [2.45, 2.75) is 12.7 Å². The average molecular weight is 352 g/mol. The molecule has 0 aliphatic heterocycles. The number of rotatable bonds is 6. The van der Waals surface area contributed by atoms with E-state index in [0.29, 0.717) is 17.0 Å². The van der Waals surface area contributed by atoms with Crippen LogP contribution in [0.2, 0.25) is 0 Å². The highest BCUT2D eigenvalue weighted by atomic mass is 19.4. The monoisotopic (exact) mass is 352 g/mol. The number of halogens is 3. The van der Waals surface area contributed by atoms with Gasteiger partial charge in [0.2, 0.25) is 0 Å². The fourth-order valence-electron chi connectivity index (χ4n) is 1.85. The van der Waals surface area contributed by atoms with Gasteiger partial charge in [-0.3, -0.25) is 9.59 Å². The summed E-state index contributed by atoms with van der Waals surface area (Å²) < 4.78 is 41.5. The zero-order valence-corrected chi connectivity index (χ0v) is 13.0. The van der Waals surface area contributed by atoms with Gasteiger partial charge in [-0.2, -0.15) is 13.2 Å². The Morgan fingerprint density at radius 3 is 2.20 bits per heavy atom. The number of amides is 2. The lowest BCUT2D eigenvalue weighted by atomic mass is 10.2. The molecule has 2 N–H and O–H groups in total. The minimum atomic E-state index is -4.91. The Hall–Kier alpha value is -3.03. The Bertz CT molecular complexity index is 716. The number of carbonyl (C=O) groups excluding carboxylic acids is 2. The van der Waals surface area contributed by atoms with Gasteiger partial charge in [0, 0.05) is 12.2 Å². The Morgan fingerprint density at radius 2 is 1.60 bits per heavy atom. The van der Waals surface area contributed by atoms with Crippen LogP contribution in [0.5, 0.6) is 5.75 Å². The first-order chi connectivity index (χ1) is 11.8. The van der Waals surface area contributed by atoms with Crippen molar-refractivity contribution in [3.05, 3.63) is 60.2 Å². The molecule has 0 fully saturated rings. The van der Waals surface area contributed by atoms with Crippen LogP contribution in [0.4, 0.5) is 18.9 Å². The van der Waals surface area contributed by atoms with Gasteiger partial charge in [0.25, 0.3) is 5.91 Å². The number of para-hydroxylation sites is 1. The van der Waals surface area contributed by atoms with Crippen molar-refractivity contribution in [3.8, 4) is 5.75 Å². The molecule has 0 atom stereocenters. The lowest BCUT2D eigenvalue weighted by Crippen LogP contribution is -2.36. The fraction of sp³-hybridized carbons (Fsp3) is 0.176. The predicted molar refractivity (Wildman–Crippen MR) is 84.9 cm³/mol. The number of hydrogen-bond donors (Lipinski definition) is 2. The van der Waals surface area contributed by atoms with Crippen LogP contribution in [0.3, 0.4) is 0 Å². The van der Waals surface area contributed by atoms with E-state index in [-0.39, 0.29) is 19.1 Å². The van der Waals surface area contributed by atoms with Crippen molar-refractivity contribution in [1.29, 1.82) is 0 Å². The molecule has 0 saturated carbocycles. The van der Waals surface area contributed by atoms with E-state index in [1.54, 1.807) is 29.6 Å². The van der Waals surface area contributed by atoms with Crippen LogP contribution >= 0.6 is 0 Å². The quantitative estimate of drug-likeness (QED) is 0.840. The van der Waals surface area contributed by atoms with Crippen molar-refractivity contribution in [2.75, 3.05) is 11.9 Å². The summed E-state index contributed by atoms with van der Waals surface area (Å²) in [6.45, 7) is -0.433. The van der Waals surface area contributed by atoms with Gasteiger partial charge in [0.1, 0.15) is 5.75 Å². The Balaban J connectivity index is 1.79. The van der Waals surface area contributed by atoms with Gasteiger partial charge in [-0.1, -0.05) is 30.3 Å². The number of alkyl halides is 3. The van der Waals surface area contributed by atoms with Crippen LogP contribution < -0.4 is 15.4 Å². The average Bonchev–Trinajstić information content (AvgIpc) is 2.59. The molecule has 0 saturated heterocycles. The molecule has 0 bridgehead atoms. The van der Waals surface area contributed by atoms with Gasteiger partial charge in [-0.15, -0.1) is 0 Å². The van der Waals surface area contributed by atoms with Crippen LogP contribution in [0.15, 0.2) is 54.6 Å². The molecule has 5 nitrogen and oxygen atoms in total. The third kappa shape index (κ3) is 6.17. The minimum absolute atomic E-state index is 0.173. The number of carbonyl (C=O) groups is 2. The van der Waals surface area contributed by atoms with E-state index in [9.17, 15) is 22.8 Å². The second-order valence-corrected chi connectivity index (χ2v) is 5.03. The van der Waals surface area contributed by atoms with E-state index in [4.69, 9.17) is 4.74 Å². The summed E-state index contributed by atoms with van der Waals surface area (Å²) >= 11 is 0. The molecule has 2 aromatic rings. The molecule has 0 heterocycles. The van der Waals surface area contributed by atoms with Crippen LogP contribution in [0, 0.1) is 0 Å². The van der Waals surface area contributed by atoms with E-state index in [2.05, 4.69) is 5.32 Å². The van der Waals surface area contributed by atoms with Crippen LogP contribution in [-0.4, -0.2) is 24.6 Å². The summed E-state index contributed by atoms with van der Waals surface area (Å²) in [7, 11) is 0. The smallest absolute Gasteiger partial charge is 0.471 e. The number of benzene rings is 2. The zero-order chi connectivity index (χ0) is 18.3. The summed E-state index contributed by atoms with van der Waals surface area (Å²) in [5.74, 6) is -1.81. The van der Waals surface area contributed by atoms with Crippen molar-refractivity contribution in [3.63, 3.8) is 0 Å². The molecule has 2 rings (SSSR count). The van der Waals surface area contributed by atoms with E-state index < -0.39 is 12.1 Å². The first-order valence-corrected chi connectivity index (χ1v) is 7.26. The molecule has 0 radical (unpaired) electrons. The third-order valence-electron chi connectivity index (χ3n) is 3.06. The Morgan fingerprint density at radius 1 is 0.960 bits per heavy atom. The topological polar surface area (TPSA) is 67.4 Å². The van der Waals surface area contributed by atoms with Gasteiger partial charge in [0.15, 0.2) is 6.61 Å². The highest BCUT2D eigenvalue weighted by molar-refractivity contribution is 5.91. The summed E-state index contributed by atoms with van der Waals surface area (Å²) in [4.78, 5) is 22.5. The first-order valence-electron chi connectivity index (χ1n) is 7.26. The van der Waals surface area contributed by atoms with Gasteiger partial charge < -0.3 is 15.4 Å². The Kier molecular flexibility index (Phi) is 5.99. The largest absolute Gasteiger partial charge is 0.484 e. The summed E-state index contributed by atoms with van der Waals surface area (Å²) in [6.07, 6.45) is -4.91. The highest BCUT2D eigenvalue weighted by Gasteiger charge is 2.38. The SMILES string of the molecule is O=C(COc1ccccc1)Nc1ccc(CNC(=O)C(F)(F)F)cc1. The highest BCUT2D eigenvalue weighted by Crippen LogP contribution is 2.15. The number of nitrogens with one attached hydrogen (secondary N) is 2. The molecule has 2 amide bonds. The number of ether oxygens (including phenoxy) is 1. The third-order valence-corrected chi connectivity index (χ3v) is 3.06. The molecular formula is C17H15F3N2O3. The van der Waals surface area contributed by atoms with Gasteiger partial charge in [-0.25, -0.2) is 0 Å². The van der Waals surface area contributed by atoms with Crippen molar-refractivity contribution >= 4 is 17.5 Å². The summed E-state index contributed by atoms with van der Waals surface area (Å²) in [5, 5.41) is 4.36. The molecule has 0 aliphatic rings. The molecule has 0 aromatic heterocycles. The molecule has 8 heteroatoms. The van der Waals surface area contributed by atoms with Crippen molar-refractivity contribution in [2.24, 2.45) is 0 Å². The predicted octanol–water partition coefficient (Wildman–Crippen LogP) is 2.88. The second kappa shape index (κ2) is 8.18. The normalized spacial score (nSPS) is 10.8. The summed E-state index contributed by atoms with van der Waals surface area (Å²) in [5.41, 5.74) is 0.934. The lowest BCUT2D eigenvalue weighted by molar-refractivity contribution is -0.173. The van der Waals surface area contributed by atoms with Crippen molar-refractivity contribution in [1.82, 2.24) is 5.32 Å². The molecule has 0 aliphatic carbocycles. The van der Waals surface area contributed by atoms with E-state index in [0.717, 1.165) is 0 Å². The standard InChI is InChI=1S/C17H15F3N2O3/c18-17(19,20)16(24)21-10-12-6-8-13(9-7-12)22-15(23)11-25-14-4-2-1-3-5-14/h1-9H,10-11H2,(H,21,24)(H,22,23). The second-order valence-electron chi connectivity index (χ2n) is 5.03. The van der Waals surface area contributed by atoms with Gasteiger partial charge in [0.05, 0.1) is 0 Å². The minimum Gasteiger partial charge on any atom is -0.484 e. The maximum atomic E-state index is 12.1. The maximum absolute atomic E-state index is 12.1. The fourth-order valence-corrected chi connectivity index (χ4v) is 1.85. The molecule has 132 valence electrons. The maximum Gasteiger partial charge on any atom is 0.471 e. The molecular weight excluding hydrogens is 337 g/mol. The Labute approximate surface area is 141 Å².